The van der Waals surface area contributed by atoms with Gasteiger partial charge in [0, 0.05) is 0 Å². The molecule has 0 saturated heterocycles. The van der Waals surface area contributed by atoms with Crippen molar-refractivity contribution in [1.29, 1.82) is 0 Å². The number of rotatable bonds is 8. The van der Waals surface area contributed by atoms with Crippen LogP contribution < -0.4 is 11.5 Å². The van der Waals surface area contributed by atoms with E-state index >= 15 is 0 Å². The minimum absolute atomic E-state index is 0.410. The highest BCUT2D eigenvalue weighted by Gasteiger charge is 2.09. The van der Waals surface area contributed by atoms with E-state index < -0.39 is 11.9 Å². The molecule has 0 aliphatic carbocycles. The Bertz CT molecular complexity index is 161. The van der Waals surface area contributed by atoms with E-state index in [-0.39, 0.29) is 0 Å². The maximum Gasteiger partial charge on any atom is 0.234 e. The summed E-state index contributed by atoms with van der Waals surface area (Å²) in [6.45, 7) is 4.09. The van der Waals surface area contributed by atoms with Crippen molar-refractivity contribution in [1.82, 2.24) is 4.90 Å². The second-order valence-electron chi connectivity index (χ2n) is 3.81. The van der Waals surface area contributed by atoms with Crippen LogP contribution in [0.4, 0.5) is 0 Å². The Labute approximate surface area is 86.6 Å². The summed E-state index contributed by atoms with van der Waals surface area (Å²) in [6, 6.07) is -0.497. The van der Waals surface area contributed by atoms with Crippen molar-refractivity contribution in [2.75, 3.05) is 20.1 Å². The van der Waals surface area contributed by atoms with Crippen LogP contribution >= 0.6 is 0 Å². The molecule has 0 aromatic carbocycles. The van der Waals surface area contributed by atoms with Gasteiger partial charge in [-0.25, -0.2) is 0 Å². The van der Waals surface area contributed by atoms with Crippen LogP contribution in [0.3, 0.4) is 0 Å². The predicted octanol–water partition coefficient (Wildman–Crippen LogP) is 0.311. The lowest BCUT2D eigenvalue weighted by atomic mass is 10.2. The standard InChI is InChI=1S/C10H23N3O/c1-3-4-5-7-13(2)8-6-9(11)10(12)14/h9H,3-8,11H2,1-2H3,(H2,12,14). The number of carbonyl (C=O) groups is 1. The fourth-order valence-corrected chi connectivity index (χ4v) is 1.25. The number of nitrogens with two attached hydrogens (primary N) is 2. The van der Waals surface area contributed by atoms with E-state index in [9.17, 15) is 4.79 Å². The van der Waals surface area contributed by atoms with Crippen LogP contribution in [0.5, 0.6) is 0 Å². The maximum absolute atomic E-state index is 10.7. The van der Waals surface area contributed by atoms with E-state index in [1.54, 1.807) is 0 Å². The van der Waals surface area contributed by atoms with Gasteiger partial charge in [0.25, 0.3) is 0 Å². The Morgan fingerprint density at radius 2 is 2.00 bits per heavy atom. The molecule has 0 aliphatic rings. The Morgan fingerprint density at radius 3 is 2.50 bits per heavy atom. The third-order valence-electron chi connectivity index (χ3n) is 2.33. The van der Waals surface area contributed by atoms with Gasteiger partial charge in [0.05, 0.1) is 6.04 Å². The Kier molecular flexibility index (Phi) is 7.42. The van der Waals surface area contributed by atoms with Crippen molar-refractivity contribution >= 4 is 5.91 Å². The Balaban J connectivity index is 3.43. The second kappa shape index (κ2) is 7.76. The lowest BCUT2D eigenvalue weighted by Crippen LogP contribution is -2.39. The topological polar surface area (TPSA) is 72.3 Å². The molecule has 0 aromatic heterocycles. The largest absolute Gasteiger partial charge is 0.368 e. The van der Waals surface area contributed by atoms with Crippen LogP contribution in [-0.2, 0) is 4.79 Å². The maximum atomic E-state index is 10.7. The molecule has 14 heavy (non-hydrogen) atoms. The van der Waals surface area contributed by atoms with Crippen LogP contribution in [-0.4, -0.2) is 37.0 Å². The number of unbranched alkanes of at least 4 members (excludes halogenated alkanes) is 2. The molecule has 4 nitrogen and oxygen atoms in total. The first kappa shape index (κ1) is 13.4. The number of primary amides is 1. The zero-order chi connectivity index (χ0) is 11.0. The molecule has 1 atom stereocenters. The summed E-state index contributed by atoms with van der Waals surface area (Å²) in [5.74, 6) is -0.410. The predicted molar refractivity (Wildman–Crippen MR) is 58.8 cm³/mol. The fraction of sp³-hybridized carbons (Fsp3) is 0.900. The molecule has 4 N–H and O–H groups in total. The Hall–Kier alpha value is -0.610. The van der Waals surface area contributed by atoms with Gasteiger partial charge in [-0.3, -0.25) is 4.79 Å². The monoisotopic (exact) mass is 201 g/mol. The summed E-state index contributed by atoms with van der Waals surface area (Å²) in [5.41, 5.74) is 10.6. The molecule has 0 heterocycles. The van der Waals surface area contributed by atoms with Gasteiger partial charge in [0.15, 0.2) is 0 Å². The normalized spacial score (nSPS) is 13.1. The van der Waals surface area contributed by atoms with Crippen molar-refractivity contribution in [3.05, 3.63) is 0 Å². The molecule has 1 unspecified atom stereocenters. The molecule has 0 aliphatic heterocycles. The SMILES string of the molecule is CCCCCN(C)CCC(N)C(N)=O. The van der Waals surface area contributed by atoms with Gasteiger partial charge in [-0.2, -0.15) is 0 Å². The molecule has 0 radical (unpaired) electrons. The molecule has 0 bridgehead atoms. The molecule has 0 spiro atoms. The van der Waals surface area contributed by atoms with Crippen molar-refractivity contribution in [2.24, 2.45) is 11.5 Å². The average Bonchev–Trinajstić information content (AvgIpc) is 2.14. The van der Waals surface area contributed by atoms with Crippen LogP contribution in [0.15, 0.2) is 0 Å². The molecule has 0 rings (SSSR count). The molecule has 1 amide bonds. The summed E-state index contributed by atoms with van der Waals surface area (Å²) in [5, 5.41) is 0. The lowest BCUT2D eigenvalue weighted by molar-refractivity contribution is -0.119. The summed E-state index contributed by atoms with van der Waals surface area (Å²) >= 11 is 0. The van der Waals surface area contributed by atoms with E-state index in [1.807, 2.05) is 7.05 Å². The molecule has 4 heteroatoms. The van der Waals surface area contributed by atoms with Gasteiger partial charge < -0.3 is 16.4 Å². The molecule has 0 saturated carbocycles. The van der Waals surface area contributed by atoms with Crippen LogP contribution in [0.25, 0.3) is 0 Å². The molecule has 0 aromatic rings. The van der Waals surface area contributed by atoms with Crippen molar-refractivity contribution in [2.45, 2.75) is 38.6 Å². The lowest BCUT2D eigenvalue weighted by Gasteiger charge is -2.17. The number of nitrogens with zero attached hydrogens (tertiary/aromatic N) is 1. The van der Waals surface area contributed by atoms with Crippen LogP contribution in [0.1, 0.15) is 32.6 Å². The minimum atomic E-state index is -0.497. The van der Waals surface area contributed by atoms with E-state index in [2.05, 4.69) is 11.8 Å². The quantitative estimate of drug-likeness (QED) is 0.555. The summed E-state index contributed by atoms with van der Waals surface area (Å²) in [6.07, 6.45) is 4.34. The van der Waals surface area contributed by atoms with Crippen LogP contribution in [0, 0.1) is 0 Å². The first-order chi connectivity index (χ1) is 6.57. The fourth-order valence-electron chi connectivity index (χ4n) is 1.25. The smallest absolute Gasteiger partial charge is 0.234 e. The van der Waals surface area contributed by atoms with Crippen LogP contribution in [0.2, 0.25) is 0 Å². The molecular formula is C10H23N3O. The van der Waals surface area contributed by atoms with Gasteiger partial charge in [-0.05, 0) is 33.0 Å². The Morgan fingerprint density at radius 1 is 1.36 bits per heavy atom. The molecule has 84 valence electrons. The second-order valence-corrected chi connectivity index (χ2v) is 3.81. The van der Waals surface area contributed by atoms with Gasteiger partial charge in [-0.1, -0.05) is 19.8 Å². The van der Waals surface area contributed by atoms with Crippen molar-refractivity contribution in [3.8, 4) is 0 Å². The number of hydrogen-bond donors (Lipinski definition) is 2. The van der Waals surface area contributed by atoms with Crippen molar-refractivity contribution < 1.29 is 4.79 Å². The number of amides is 1. The third kappa shape index (κ3) is 6.86. The van der Waals surface area contributed by atoms with Gasteiger partial charge in [-0.15, -0.1) is 0 Å². The van der Waals surface area contributed by atoms with E-state index in [0.717, 1.165) is 13.1 Å². The van der Waals surface area contributed by atoms with Crippen molar-refractivity contribution in [3.63, 3.8) is 0 Å². The highest BCUT2D eigenvalue weighted by molar-refractivity contribution is 5.79. The number of hydrogen-bond acceptors (Lipinski definition) is 3. The van der Waals surface area contributed by atoms with E-state index in [1.165, 1.54) is 19.3 Å². The first-order valence-electron chi connectivity index (χ1n) is 5.31. The first-order valence-corrected chi connectivity index (χ1v) is 5.31. The third-order valence-corrected chi connectivity index (χ3v) is 2.33. The highest BCUT2D eigenvalue weighted by atomic mass is 16.1. The zero-order valence-corrected chi connectivity index (χ0v) is 9.33. The highest BCUT2D eigenvalue weighted by Crippen LogP contribution is 1.98. The summed E-state index contributed by atoms with van der Waals surface area (Å²) in [4.78, 5) is 12.8. The number of carbonyl (C=O) groups excluding carboxylic acids is 1. The minimum Gasteiger partial charge on any atom is -0.368 e. The molecule has 0 fully saturated rings. The van der Waals surface area contributed by atoms with Gasteiger partial charge >= 0.3 is 0 Å². The average molecular weight is 201 g/mol. The van der Waals surface area contributed by atoms with Gasteiger partial charge in [0.2, 0.25) is 5.91 Å². The van der Waals surface area contributed by atoms with E-state index in [0.29, 0.717) is 6.42 Å². The van der Waals surface area contributed by atoms with Gasteiger partial charge in [0.1, 0.15) is 0 Å². The summed E-state index contributed by atoms with van der Waals surface area (Å²) < 4.78 is 0. The summed E-state index contributed by atoms with van der Waals surface area (Å²) in [7, 11) is 2.05. The molecular weight excluding hydrogens is 178 g/mol. The zero-order valence-electron chi connectivity index (χ0n) is 9.33. The van der Waals surface area contributed by atoms with E-state index in [4.69, 9.17) is 11.5 Å².